The molecule has 2 amide bonds. The van der Waals surface area contributed by atoms with Crippen molar-refractivity contribution in [1.29, 1.82) is 0 Å². The second kappa shape index (κ2) is 6.68. The Bertz CT molecular complexity index is 830. The zero-order chi connectivity index (χ0) is 18.9. The third-order valence-corrected chi connectivity index (χ3v) is 4.48. The fourth-order valence-electron chi connectivity index (χ4n) is 2.50. The van der Waals surface area contributed by atoms with Crippen molar-refractivity contribution < 1.29 is 27.2 Å². The van der Waals surface area contributed by atoms with E-state index in [1.54, 1.807) is 12.1 Å². The van der Waals surface area contributed by atoms with Crippen molar-refractivity contribution in [2.24, 2.45) is 5.41 Å². The van der Waals surface area contributed by atoms with Gasteiger partial charge in [0.2, 0.25) is 11.8 Å². The zero-order valence-electron chi connectivity index (χ0n) is 13.3. The van der Waals surface area contributed by atoms with Crippen LogP contribution in [-0.4, -0.2) is 11.8 Å². The number of nitrogens with one attached hydrogen (secondary N) is 2. The van der Waals surface area contributed by atoms with E-state index in [1.165, 1.54) is 12.3 Å². The van der Waals surface area contributed by atoms with E-state index in [-0.39, 0.29) is 12.2 Å². The smallest absolute Gasteiger partial charge is 0.417 e. The second-order valence-electron chi connectivity index (χ2n) is 5.99. The molecule has 0 spiro atoms. The number of hydrogen-bond acceptors (Lipinski definition) is 3. The number of anilines is 1. The molecule has 0 unspecified atom stereocenters. The second-order valence-corrected chi connectivity index (χ2v) is 6.40. The van der Waals surface area contributed by atoms with E-state index in [0.29, 0.717) is 18.6 Å². The summed E-state index contributed by atoms with van der Waals surface area (Å²) in [6, 6.07) is 6.39. The highest BCUT2D eigenvalue weighted by molar-refractivity contribution is 6.31. The first-order valence-corrected chi connectivity index (χ1v) is 8.09. The van der Waals surface area contributed by atoms with E-state index in [1.807, 2.05) is 0 Å². The van der Waals surface area contributed by atoms with Gasteiger partial charge in [-0.1, -0.05) is 11.6 Å². The summed E-state index contributed by atoms with van der Waals surface area (Å²) in [6.07, 6.45) is -2.54. The molecule has 3 rings (SSSR count). The predicted octanol–water partition coefficient (Wildman–Crippen LogP) is 3.99. The topological polar surface area (TPSA) is 71.3 Å². The molecular weight excluding hydrogens is 373 g/mol. The van der Waals surface area contributed by atoms with Crippen LogP contribution in [0, 0.1) is 5.41 Å². The Kier molecular flexibility index (Phi) is 4.70. The van der Waals surface area contributed by atoms with Crippen molar-refractivity contribution in [1.82, 2.24) is 5.32 Å². The average molecular weight is 387 g/mol. The fraction of sp³-hybridized carbons (Fsp3) is 0.294. The van der Waals surface area contributed by atoms with Gasteiger partial charge in [-0.3, -0.25) is 9.59 Å². The van der Waals surface area contributed by atoms with Crippen LogP contribution in [0.25, 0.3) is 0 Å². The van der Waals surface area contributed by atoms with Crippen LogP contribution >= 0.6 is 11.6 Å². The first-order valence-electron chi connectivity index (χ1n) is 7.71. The summed E-state index contributed by atoms with van der Waals surface area (Å²) in [5.41, 5.74) is -2.40. The molecule has 5 nitrogen and oxygen atoms in total. The maximum Gasteiger partial charge on any atom is 0.417 e. The summed E-state index contributed by atoms with van der Waals surface area (Å²) in [5, 5.41) is 4.52. The minimum Gasteiger partial charge on any atom is -0.467 e. The lowest BCUT2D eigenvalue weighted by molar-refractivity contribution is -0.138. The van der Waals surface area contributed by atoms with Crippen LogP contribution in [0.2, 0.25) is 5.02 Å². The number of rotatable bonds is 5. The molecule has 26 heavy (non-hydrogen) atoms. The third kappa shape index (κ3) is 3.70. The molecule has 0 atom stereocenters. The molecule has 0 aliphatic heterocycles. The van der Waals surface area contributed by atoms with Gasteiger partial charge in [0.25, 0.3) is 0 Å². The Labute approximate surface area is 151 Å². The quantitative estimate of drug-likeness (QED) is 0.763. The molecule has 1 fully saturated rings. The van der Waals surface area contributed by atoms with Gasteiger partial charge in [0.15, 0.2) is 0 Å². The van der Waals surface area contributed by atoms with Crippen molar-refractivity contribution in [3.8, 4) is 0 Å². The van der Waals surface area contributed by atoms with Gasteiger partial charge in [0.1, 0.15) is 11.2 Å². The van der Waals surface area contributed by atoms with E-state index >= 15 is 0 Å². The number of halogens is 4. The Hall–Kier alpha value is -2.48. The van der Waals surface area contributed by atoms with Crippen LogP contribution in [-0.2, 0) is 22.3 Å². The average Bonchev–Trinajstić information content (AvgIpc) is 3.23. The van der Waals surface area contributed by atoms with Gasteiger partial charge in [0, 0.05) is 5.69 Å². The van der Waals surface area contributed by atoms with Crippen LogP contribution in [0.4, 0.5) is 18.9 Å². The summed E-state index contributed by atoms with van der Waals surface area (Å²) >= 11 is 5.55. The molecule has 1 saturated carbocycles. The molecule has 1 aromatic carbocycles. The summed E-state index contributed by atoms with van der Waals surface area (Å²) in [6.45, 7) is 0.125. The highest BCUT2D eigenvalue weighted by Crippen LogP contribution is 2.47. The minimum atomic E-state index is -4.64. The zero-order valence-corrected chi connectivity index (χ0v) is 14.1. The van der Waals surface area contributed by atoms with Crippen LogP contribution in [0.5, 0.6) is 0 Å². The van der Waals surface area contributed by atoms with Gasteiger partial charge < -0.3 is 15.1 Å². The van der Waals surface area contributed by atoms with Crippen molar-refractivity contribution in [3.05, 3.63) is 52.9 Å². The van der Waals surface area contributed by atoms with Gasteiger partial charge in [0.05, 0.1) is 23.4 Å². The molecular formula is C17H14ClF3N2O3. The summed E-state index contributed by atoms with van der Waals surface area (Å²) in [4.78, 5) is 24.8. The summed E-state index contributed by atoms with van der Waals surface area (Å²) < 4.78 is 43.8. The van der Waals surface area contributed by atoms with Gasteiger partial charge >= 0.3 is 6.18 Å². The monoisotopic (exact) mass is 386 g/mol. The molecule has 0 saturated heterocycles. The predicted molar refractivity (Wildman–Crippen MR) is 87.3 cm³/mol. The Morgan fingerprint density at radius 2 is 1.92 bits per heavy atom. The lowest BCUT2D eigenvalue weighted by atomic mass is 10.0. The van der Waals surface area contributed by atoms with Crippen molar-refractivity contribution in [2.75, 3.05) is 5.32 Å². The number of hydrogen-bond donors (Lipinski definition) is 2. The number of carbonyl (C=O) groups excluding carboxylic acids is 2. The number of amides is 2. The van der Waals surface area contributed by atoms with Gasteiger partial charge in [-0.25, -0.2) is 0 Å². The molecule has 0 radical (unpaired) electrons. The van der Waals surface area contributed by atoms with E-state index in [2.05, 4.69) is 10.6 Å². The normalized spacial score (nSPS) is 15.4. The van der Waals surface area contributed by atoms with Crippen molar-refractivity contribution in [3.63, 3.8) is 0 Å². The highest BCUT2D eigenvalue weighted by Gasteiger charge is 2.56. The van der Waals surface area contributed by atoms with E-state index in [9.17, 15) is 22.8 Å². The van der Waals surface area contributed by atoms with Crippen LogP contribution < -0.4 is 10.6 Å². The summed E-state index contributed by atoms with van der Waals surface area (Å²) in [5.74, 6) is -0.608. The van der Waals surface area contributed by atoms with Gasteiger partial charge in [-0.05, 0) is 43.2 Å². The lowest BCUT2D eigenvalue weighted by Crippen LogP contribution is -2.39. The van der Waals surface area contributed by atoms with Crippen LogP contribution in [0.1, 0.15) is 24.2 Å². The maximum absolute atomic E-state index is 12.9. The molecule has 1 aliphatic rings. The maximum atomic E-state index is 12.9. The molecule has 1 aromatic heterocycles. The molecule has 1 heterocycles. The van der Waals surface area contributed by atoms with E-state index < -0.39 is 34.0 Å². The number of benzene rings is 1. The lowest BCUT2D eigenvalue weighted by Gasteiger charge is -2.16. The first-order chi connectivity index (χ1) is 12.2. The van der Waals surface area contributed by atoms with Gasteiger partial charge in [-0.2, -0.15) is 13.2 Å². The largest absolute Gasteiger partial charge is 0.467 e. The molecule has 1 aliphatic carbocycles. The Morgan fingerprint density at radius 1 is 1.19 bits per heavy atom. The number of carbonyl (C=O) groups is 2. The van der Waals surface area contributed by atoms with Gasteiger partial charge in [-0.15, -0.1) is 0 Å². The standard InChI is InChI=1S/C17H14ClF3N2O3/c18-13-4-3-10(8-12(13)17(19,20)21)23-15(25)16(5-6-16)14(24)22-9-11-2-1-7-26-11/h1-4,7-8H,5-6,9H2,(H,22,24)(H,23,25). The molecule has 2 N–H and O–H groups in total. The van der Waals surface area contributed by atoms with Crippen LogP contribution in [0.15, 0.2) is 41.0 Å². The number of furan rings is 1. The van der Waals surface area contributed by atoms with Crippen molar-refractivity contribution >= 4 is 29.1 Å². The first kappa shape index (κ1) is 18.3. The molecule has 0 bridgehead atoms. The Balaban J connectivity index is 1.68. The number of alkyl halides is 3. The summed E-state index contributed by atoms with van der Waals surface area (Å²) in [7, 11) is 0. The molecule has 138 valence electrons. The highest BCUT2D eigenvalue weighted by atomic mass is 35.5. The molecule has 9 heteroatoms. The molecule has 2 aromatic rings. The minimum absolute atomic E-state index is 0.0724. The Morgan fingerprint density at radius 3 is 2.50 bits per heavy atom. The fourth-order valence-corrected chi connectivity index (χ4v) is 2.73. The SMILES string of the molecule is O=C(NCc1ccco1)C1(C(=O)Nc2ccc(Cl)c(C(F)(F)F)c2)CC1. The van der Waals surface area contributed by atoms with Crippen LogP contribution in [0.3, 0.4) is 0 Å². The van der Waals surface area contributed by atoms with Crippen molar-refractivity contribution in [2.45, 2.75) is 25.6 Å². The van der Waals surface area contributed by atoms with E-state index in [0.717, 1.165) is 12.1 Å². The van der Waals surface area contributed by atoms with E-state index in [4.69, 9.17) is 16.0 Å². The third-order valence-electron chi connectivity index (χ3n) is 4.15.